The molecule has 0 saturated heterocycles. The van der Waals surface area contributed by atoms with E-state index < -0.39 is 4.92 Å². The second-order valence-electron chi connectivity index (χ2n) is 4.26. The van der Waals surface area contributed by atoms with Crippen LogP contribution in [0.3, 0.4) is 0 Å². The number of carbonyl (C=O) groups excluding carboxylic acids is 1. The third kappa shape index (κ3) is 3.05. The molecule has 1 amide bonds. The second-order valence-corrected chi connectivity index (χ2v) is 5.06. The molecule has 1 aromatic carbocycles. The van der Waals surface area contributed by atoms with Gasteiger partial charge in [-0.3, -0.25) is 14.9 Å². The van der Waals surface area contributed by atoms with Crippen molar-refractivity contribution in [2.24, 2.45) is 7.05 Å². The Labute approximate surface area is 123 Å². The van der Waals surface area contributed by atoms with Crippen molar-refractivity contribution in [2.75, 3.05) is 0 Å². The van der Waals surface area contributed by atoms with Gasteiger partial charge in [0.1, 0.15) is 4.47 Å². The number of carbonyl (C=O) groups is 1. The van der Waals surface area contributed by atoms with Gasteiger partial charge in [-0.2, -0.15) is 0 Å². The summed E-state index contributed by atoms with van der Waals surface area (Å²) >= 11 is 3.11. The standard InChI is InChI=1S/C13H12BrN3O3/c1-16-6-5-9(8-16)7-15-13(18)10-3-2-4-11(12(10)14)17(19)20/h2-6,8H,7H2,1H3,(H,15,18). The maximum Gasteiger partial charge on any atom is 0.284 e. The number of halogens is 1. The molecular formula is C13H12BrN3O3. The molecule has 0 unspecified atom stereocenters. The molecule has 1 aromatic heterocycles. The molecule has 6 nitrogen and oxygen atoms in total. The van der Waals surface area contributed by atoms with E-state index in [-0.39, 0.29) is 21.6 Å². The number of rotatable bonds is 4. The zero-order valence-electron chi connectivity index (χ0n) is 10.7. The van der Waals surface area contributed by atoms with Gasteiger partial charge in [0.15, 0.2) is 0 Å². The molecule has 104 valence electrons. The average molecular weight is 338 g/mol. The van der Waals surface area contributed by atoms with E-state index in [0.29, 0.717) is 6.54 Å². The Hall–Kier alpha value is -2.15. The summed E-state index contributed by atoms with van der Waals surface area (Å²) in [4.78, 5) is 22.3. The molecule has 7 heteroatoms. The summed E-state index contributed by atoms with van der Waals surface area (Å²) in [5, 5.41) is 13.6. The summed E-state index contributed by atoms with van der Waals surface area (Å²) in [5.74, 6) is -0.357. The minimum Gasteiger partial charge on any atom is -0.357 e. The summed E-state index contributed by atoms with van der Waals surface area (Å²) in [5.41, 5.74) is 1.08. The predicted octanol–water partition coefficient (Wildman–Crippen LogP) is 2.63. The SMILES string of the molecule is Cn1ccc(CNC(=O)c2cccc([N+](=O)[O-])c2Br)c1. The number of nitrogens with zero attached hydrogens (tertiary/aromatic N) is 2. The van der Waals surface area contributed by atoms with Crippen LogP contribution in [0.25, 0.3) is 0 Å². The van der Waals surface area contributed by atoms with Crippen molar-refractivity contribution in [1.82, 2.24) is 9.88 Å². The highest BCUT2D eigenvalue weighted by Gasteiger charge is 2.19. The van der Waals surface area contributed by atoms with Crippen LogP contribution in [0.5, 0.6) is 0 Å². The molecule has 0 aliphatic heterocycles. The lowest BCUT2D eigenvalue weighted by molar-refractivity contribution is -0.385. The number of aryl methyl sites for hydroxylation is 1. The Kier molecular flexibility index (Phi) is 4.19. The van der Waals surface area contributed by atoms with Crippen molar-refractivity contribution in [3.8, 4) is 0 Å². The molecule has 0 aliphatic rings. The van der Waals surface area contributed by atoms with E-state index >= 15 is 0 Å². The zero-order chi connectivity index (χ0) is 14.7. The summed E-state index contributed by atoms with van der Waals surface area (Å²) < 4.78 is 2.07. The highest BCUT2D eigenvalue weighted by atomic mass is 79.9. The molecule has 2 aromatic rings. The van der Waals surface area contributed by atoms with E-state index in [1.807, 2.05) is 30.1 Å². The average Bonchev–Trinajstić information content (AvgIpc) is 2.81. The van der Waals surface area contributed by atoms with Gasteiger partial charge in [-0.15, -0.1) is 0 Å². The number of nitro benzene ring substituents is 1. The molecule has 1 heterocycles. The quantitative estimate of drug-likeness (QED) is 0.688. The van der Waals surface area contributed by atoms with Crippen LogP contribution in [0.4, 0.5) is 5.69 Å². The summed E-state index contributed by atoms with van der Waals surface area (Å²) in [6.07, 6.45) is 3.77. The van der Waals surface area contributed by atoms with Gasteiger partial charge in [0.2, 0.25) is 0 Å². The van der Waals surface area contributed by atoms with Crippen LogP contribution in [-0.4, -0.2) is 15.4 Å². The van der Waals surface area contributed by atoms with Gasteiger partial charge in [0.25, 0.3) is 11.6 Å². The van der Waals surface area contributed by atoms with Crippen molar-refractivity contribution < 1.29 is 9.72 Å². The smallest absolute Gasteiger partial charge is 0.284 e. The van der Waals surface area contributed by atoms with Gasteiger partial charge in [-0.1, -0.05) is 6.07 Å². The van der Waals surface area contributed by atoms with E-state index in [1.54, 1.807) is 0 Å². The summed E-state index contributed by atoms with van der Waals surface area (Å²) in [6, 6.07) is 6.26. The number of nitrogens with one attached hydrogen (secondary N) is 1. The van der Waals surface area contributed by atoms with Crippen LogP contribution in [0.15, 0.2) is 41.1 Å². The lowest BCUT2D eigenvalue weighted by atomic mass is 10.2. The third-order valence-corrected chi connectivity index (χ3v) is 3.60. The first-order valence-electron chi connectivity index (χ1n) is 5.81. The Morgan fingerprint density at radius 1 is 1.45 bits per heavy atom. The van der Waals surface area contributed by atoms with Crippen LogP contribution < -0.4 is 5.32 Å². The molecule has 0 atom stereocenters. The van der Waals surface area contributed by atoms with Gasteiger partial charge in [-0.25, -0.2) is 0 Å². The van der Waals surface area contributed by atoms with E-state index in [4.69, 9.17) is 0 Å². The van der Waals surface area contributed by atoms with Gasteiger partial charge in [0.05, 0.1) is 10.5 Å². The first-order valence-corrected chi connectivity index (χ1v) is 6.60. The third-order valence-electron chi connectivity index (χ3n) is 2.77. The number of hydrogen-bond donors (Lipinski definition) is 1. The maximum absolute atomic E-state index is 12.0. The van der Waals surface area contributed by atoms with E-state index in [0.717, 1.165) is 5.56 Å². The minimum atomic E-state index is -0.530. The first kappa shape index (κ1) is 14.3. The van der Waals surface area contributed by atoms with Gasteiger partial charge < -0.3 is 9.88 Å². The fourth-order valence-corrected chi connectivity index (χ4v) is 2.37. The molecule has 0 spiro atoms. The topological polar surface area (TPSA) is 77.2 Å². The van der Waals surface area contributed by atoms with Crippen LogP contribution in [0.2, 0.25) is 0 Å². The lowest BCUT2D eigenvalue weighted by Gasteiger charge is -2.06. The zero-order valence-corrected chi connectivity index (χ0v) is 12.3. The van der Waals surface area contributed by atoms with Crippen molar-refractivity contribution in [3.05, 3.63) is 62.4 Å². The van der Waals surface area contributed by atoms with E-state index in [1.165, 1.54) is 18.2 Å². The molecule has 1 N–H and O–H groups in total. The van der Waals surface area contributed by atoms with E-state index in [9.17, 15) is 14.9 Å². The number of hydrogen-bond acceptors (Lipinski definition) is 3. The molecule has 0 aliphatic carbocycles. The largest absolute Gasteiger partial charge is 0.357 e. The Morgan fingerprint density at radius 3 is 2.80 bits per heavy atom. The fraction of sp³-hybridized carbons (Fsp3) is 0.154. The van der Waals surface area contributed by atoms with Crippen LogP contribution in [0, 0.1) is 10.1 Å². The number of nitro groups is 1. The normalized spacial score (nSPS) is 10.3. The Balaban J connectivity index is 2.13. The van der Waals surface area contributed by atoms with Crippen LogP contribution in [-0.2, 0) is 13.6 Å². The van der Waals surface area contributed by atoms with Crippen molar-refractivity contribution >= 4 is 27.5 Å². The van der Waals surface area contributed by atoms with Gasteiger partial charge in [-0.05, 0) is 33.6 Å². The molecule has 0 saturated carbocycles. The summed E-state index contributed by atoms with van der Waals surface area (Å²) in [7, 11) is 1.89. The highest BCUT2D eigenvalue weighted by molar-refractivity contribution is 9.10. The summed E-state index contributed by atoms with van der Waals surface area (Å²) in [6.45, 7) is 0.370. The first-order chi connectivity index (χ1) is 9.49. The predicted molar refractivity (Wildman–Crippen MR) is 77.4 cm³/mol. The molecule has 2 rings (SSSR count). The van der Waals surface area contributed by atoms with Gasteiger partial charge >= 0.3 is 0 Å². The second kappa shape index (κ2) is 5.87. The van der Waals surface area contributed by atoms with Crippen molar-refractivity contribution in [2.45, 2.75) is 6.54 Å². The van der Waals surface area contributed by atoms with Crippen molar-refractivity contribution in [3.63, 3.8) is 0 Å². The molecule has 0 bridgehead atoms. The Morgan fingerprint density at radius 2 is 2.20 bits per heavy atom. The molecular weight excluding hydrogens is 326 g/mol. The Bertz CT molecular complexity index is 667. The number of aromatic nitrogens is 1. The molecule has 0 radical (unpaired) electrons. The maximum atomic E-state index is 12.0. The lowest BCUT2D eigenvalue weighted by Crippen LogP contribution is -2.23. The monoisotopic (exact) mass is 337 g/mol. The molecule has 20 heavy (non-hydrogen) atoms. The van der Waals surface area contributed by atoms with Crippen LogP contribution >= 0.6 is 15.9 Å². The van der Waals surface area contributed by atoms with Gasteiger partial charge in [0, 0.05) is 32.1 Å². The highest BCUT2D eigenvalue weighted by Crippen LogP contribution is 2.28. The number of amides is 1. The van der Waals surface area contributed by atoms with Crippen LogP contribution in [0.1, 0.15) is 15.9 Å². The fourth-order valence-electron chi connectivity index (χ4n) is 1.78. The molecule has 0 fully saturated rings. The minimum absolute atomic E-state index is 0.127. The van der Waals surface area contributed by atoms with Crippen molar-refractivity contribution in [1.29, 1.82) is 0 Å². The van der Waals surface area contributed by atoms with E-state index in [2.05, 4.69) is 21.2 Å². The number of benzene rings is 1.